The van der Waals surface area contributed by atoms with Crippen LogP contribution in [0.2, 0.25) is 0 Å². The summed E-state index contributed by atoms with van der Waals surface area (Å²) >= 11 is 0. The number of benzene rings is 3. The summed E-state index contributed by atoms with van der Waals surface area (Å²) in [7, 11) is 0. The lowest BCUT2D eigenvalue weighted by Crippen LogP contribution is -2.61. The molecule has 89 heavy (non-hydrogen) atoms. The topological polar surface area (TPSA) is 383 Å². The summed E-state index contributed by atoms with van der Waals surface area (Å²) < 4.78 is 0. The molecule has 0 bridgehead atoms. The Morgan fingerprint density at radius 2 is 0.640 bits per heavy atom. The number of nitrogens with two attached hydrogens (primary N) is 1. The average Bonchev–Trinajstić information content (AvgIpc) is 3.62. The first kappa shape index (κ1) is 74.5. The van der Waals surface area contributed by atoms with Gasteiger partial charge < -0.3 is 69.3 Å². The van der Waals surface area contributed by atoms with Crippen molar-refractivity contribution in [3.63, 3.8) is 0 Å². The quantitative estimate of drug-likeness (QED) is 0.0380. The average molecular weight is 1240 g/mol. The zero-order chi connectivity index (χ0) is 66.5. The molecule has 0 aliphatic rings. The molecule has 0 unspecified atom stereocenters. The van der Waals surface area contributed by atoms with E-state index in [2.05, 4.69) is 58.5 Å². The molecule has 0 aliphatic carbocycles. The number of carboxylic acid groups (broad SMARTS) is 1. The molecule has 0 fully saturated rings. The van der Waals surface area contributed by atoms with Crippen molar-refractivity contribution in [1.29, 1.82) is 0 Å². The Morgan fingerprint density at radius 1 is 0.348 bits per heavy atom. The zero-order valence-corrected chi connectivity index (χ0v) is 53.0. The molecule has 3 aromatic carbocycles. The van der Waals surface area contributed by atoms with Crippen LogP contribution in [0.1, 0.15) is 112 Å². The molecule has 3 rings (SSSR count). The highest BCUT2D eigenvalue weighted by Gasteiger charge is 2.36. The Kier molecular flexibility index (Phi) is 31.7. The van der Waals surface area contributed by atoms with Crippen molar-refractivity contribution >= 4 is 70.9 Å². The first-order valence-corrected chi connectivity index (χ1v) is 30.3. The van der Waals surface area contributed by atoms with E-state index in [0.29, 0.717) is 16.7 Å². The smallest absolute Gasteiger partial charge is 0.325 e. The van der Waals surface area contributed by atoms with Gasteiger partial charge >= 0.3 is 5.97 Å². The number of carbonyl (C=O) groups excluding carboxylic acids is 11. The highest BCUT2D eigenvalue weighted by atomic mass is 16.4. The fourth-order valence-corrected chi connectivity index (χ4v) is 9.36. The van der Waals surface area contributed by atoms with Gasteiger partial charge in [0.05, 0.1) is 19.6 Å². The second-order valence-corrected chi connectivity index (χ2v) is 24.2. The summed E-state index contributed by atoms with van der Waals surface area (Å²) in [6, 6.07) is 15.4. The Labute approximate surface area is 521 Å². The van der Waals surface area contributed by atoms with Crippen LogP contribution in [0.5, 0.6) is 0 Å². The van der Waals surface area contributed by atoms with Crippen molar-refractivity contribution in [2.75, 3.05) is 19.6 Å². The molecule has 0 heterocycles. The molecule has 11 amide bonds. The number of amides is 11. The summed E-state index contributed by atoms with van der Waals surface area (Å²) in [4.78, 5) is 162. The van der Waals surface area contributed by atoms with Crippen LogP contribution >= 0.6 is 0 Å². The largest absolute Gasteiger partial charge is 0.480 e. The fourth-order valence-electron chi connectivity index (χ4n) is 9.36. The number of nitrogens with one attached hydrogen (secondary N) is 11. The van der Waals surface area contributed by atoms with E-state index in [4.69, 9.17) is 5.73 Å². The lowest BCUT2D eigenvalue weighted by molar-refractivity contribution is -0.142. The van der Waals surface area contributed by atoms with E-state index in [1.807, 2.05) is 27.7 Å². The van der Waals surface area contributed by atoms with Gasteiger partial charge in [0, 0.05) is 19.3 Å². The Bertz CT molecular complexity index is 2840. The van der Waals surface area contributed by atoms with Crippen LogP contribution in [0.15, 0.2) is 91.0 Å². The van der Waals surface area contributed by atoms with Crippen molar-refractivity contribution in [3.05, 3.63) is 108 Å². The van der Waals surface area contributed by atoms with Gasteiger partial charge in [0.15, 0.2) is 0 Å². The van der Waals surface area contributed by atoms with Crippen LogP contribution in [0.3, 0.4) is 0 Å². The Morgan fingerprint density at radius 3 is 1.02 bits per heavy atom. The van der Waals surface area contributed by atoms with Gasteiger partial charge in [-0.15, -0.1) is 0 Å². The lowest BCUT2D eigenvalue weighted by atomic mass is 9.98. The highest BCUT2D eigenvalue weighted by Crippen LogP contribution is 2.14. The Hall–Kier alpha value is -8.74. The van der Waals surface area contributed by atoms with Crippen molar-refractivity contribution in [3.8, 4) is 0 Å². The number of aliphatic carboxylic acids is 1. The van der Waals surface area contributed by atoms with Gasteiger partial charge in [-0.3, -0.25) is 57.5 Å². The van der Waals surface area contributed by atoms with Crippen LogP contribution in [0, 0.1) is 29.6 Å². The van der Waals surface area contributed by atoms with Crippen LogP contribution in [-0.2, 0) is 76.8 Å². The monoisotopic (exact) mass is 1240 g/mol. The van der Waals surface area contributed by atoms with Gasteiger partial charge in [-0.2, -0.15) is 0 Å². The Balaban J connectivity index is 1.79. The minimum Gasteiger partial charge on any atom is -0.480 e. The first-order chi connectivity index (χ1) is 42.0. The number of carbonyl (C=O) groups is 12. The lowest BCUT2D eigenvalue weighted by Gasteiger charge is -2.29. The number of rotatable bonds is 37. The highest BCUT2D eigenvalue weighted by molar-refractivity contribution is 5.98. The van der Waals surface area contributed by atoms with Gasteiger partial charge in [0.25, 0.3) is 0 Å². The molecule has 25 heteroatoms. The molecular formula is C64H94N12O13. The second kappa shape index (κ2) is 37.8. The van der Waals surface area contributed by atoms with E-state index in [1.165, 1.54) is 6.92 Å². The summed E-state index contributed by atoms with van der Waals surface area (Å²) in [6.07, 6.45) is 0.300. The third kappa shape index (κ3) is 27.5. The normalized spacial score (nSPS) is 14.3. The summed E-state index contributed by atoms with van der Waals surface area (Å²) in [6.45, 7) is 17.3. The minimum absolute atomic E-state index is 0.0151. The van der Waals surface area contributed by atoms with E-state index in [1.54, 1.807) is 133 Å². The molecule has 0 saturated heterocycles. The number of hydrogen-bond acceptors (Lipinski definition) is 13. The van der Waals surface area contributed by atoms with E-state index in [9.17, 15) is 62.6 Å². The molecular weight excluding hydrogens is 1140 g/mol. The molecule has 0 radical (unpaired) electrons. The van der Waals surface area contributed by atoms with Crippen LogP contribution < -0.4 is 64.2 Å². The fraction of sp³-hybridized carbons (Fsp3) is 0.531. The number of hydrogen-bond donors (Lipinski definition) is 13. The van der Waals surface area contributed by atoms with Crippen LogP contribution in [0.4, 0.5) is 0 Å². The number of carboxylic acids is 1. The van der Waals surface area contributed by atoms with Crippen molar-refractivity contribution in [1.82, 2.24) is 58.5 Å². The van der Waals surface area contributed by atoms with E-state index < -0.39 is 144 Å². The van der Waals surface area contributed by atoms with Crippen LogP contribution in [-0.4, -0.2) is 150 Å². The maximum atomic E-state index is 14.4. The summed E-state index contributed by atoms with van der Waals surface area (Å²) in [5.74, 6) is -10.6. The minimum atomic E-state index is -1.31. The summed E-state index contributed by atoms with van der Waals surface area (Å²) in [5.41, 5.74) is 7.50. The van der Waals surface area contributed by atoms with Crippen molar-refractivity contribution < 1.29 is 62.6 Å². The molecule has 0 aliphatic heterocycles. The molecule has 488 valence electrons. The van der Waals surface area contributed by atoms with Gasteiger partial charge in [-0.1, -0.05) is 160 Å². The summed E-state index contributed by atoms with van der Waals surface area (Å²) in [5, 5.41) is 38.3. The molecule has 14 N–H and O–H groups in total. The molecule has 9 atom stereocenters. The second-order valence-electron chi connectivity index (χ2n) is 24.2. The van der Waals surface area contributed by atoms with Gasteiger partial charge in [0.1, 0.15) is 54.4 Å². The molecule has 0 aromatic heterocycles. The van der Waals surface area contributed by atoms with Gasteiger partial charge in [-0.25, -0.2) is 0 Å². The predicted octanol–water partition coefficient (Wildman–Crippen LogP) is 0.824. The van der Waals surface area contributed by atoms with Gasteiger partial charge in [0.2, 0.25) is 65.0 Å². The van der Waals surface area contributed by atoms with Crippen LogP contribution in [0.25, 0.3) is 0 Å². The standard InChI is InChI=1S/C64H94N12O13/c1-36(2)27-45(56(80)66-35-53(79)70-49(31-43-23-17-13-18-24-43)60(84)71-46(28-37(3)4)58(82)68-41(11)64(88)89)69-52(78)34-67-57(81)48(30-42-21-15-12-16-22-42)72-59(83)47(29-38(5)6)73-63(87)55(40(9)10)76-61(85)50(32-44-25-19-14-20-26-44)74-62(86)54(39(7)8)75-51(77)33-65/h12-26,36-41,45-50,54-55H,27-35,65H2,1-11H3,(H,66,80)(H,67,81)(H,68,82)(H,69,78)(H,70,79)(H,71,84)(H,72,83)(H,73,87)(H,74,86)(H,75,77)(H,76,85)(H,88,89)/t41-,45-,46-,47-,48-,49-,50-,54-,55-/m0/s1. The SMILES string of the molecule is CC(C)C[C@H](NC(=O)CNC(=O)[C@H](Cc1ccccc1)NC(=O)[C@H](CC(C)C)NC(=O)[C@@H](NC(=O)[C@H](Cc1ccccc1)NC(=O)[C@@H](NC(=O)CN)C(C)C)C(C)C)C(=O)NCC(=O)N[C@@H](Cc1ccccc1)C(=O)N[C@@H](CC(C)C)C(=O)N[C@@H](C)C(=O)O. The van der Waals surface area contributed by atoms with Crippen molar-refractivity contribution in [2.45, 2.75) is 169 Å². The molecule has 0 spiro atoms. The van der Waals surface area contributed by atoms with Gasteiger partial charge in [-0.05, 0) is 72.5 Å². The molecule has 25 nitrogen and oxygen atoms in total. The maximum absolute atomic E-state index is 14.4. The maximum Gasteiger partial charge on any atom is 0.325 e. The predicted molar refractivity (Wildman–Crippen MR) is 334 cm³/mol. The van der Waals surface area contributed by atoms with E-state index in [0.717, 1.165) is 0 Å². The molecule has 0 saturated carbocycles. The third-order valence-corrected chi connectivity index (χ3v) is 14.1. The third-order valence-electron chi connectivity index (χ3n) is 14.1. The zero-order valence-electron chi connectivity index (χ0n) is 53.0. The molecule has 3 aromatic rings. The van der Waals surface area contributed by atoms with E-state index >= 15 is 0 Å². The van der Waals surface area contributed by atoms with E-state index in [-0.39, 0.29) is 68.7 Å². The van der Waals surface area contributed by atoms with Crippen molar-refractivity contribution in [2.24, 2.45) is 35.3 Å². The first-order valence-electron chi connectivity index (χ1n) is 30.3.